The first-order chi connectivity index (χ1) is 14.9. The normalized spacial score (nSPS) is 22.7. The van der Waals surface area contributed by atoms with Gasteiger partial charge in [-0.2, -0.15) is 5.10 Å². The number of halogens is 1. The van der Waals surface area contributed by atoms with Gasteiger partial charge in [0.15, 0.2) is 12.0 Å². The number of aryl methyl sites for hydroxylation is 2. The summed E-state index contributed by atoms with van der Waals surface area (Å²) in [6.07, 6.45) is -0.683. The number of alkyl halides is 1. The highest BCUT2D eigenvalue weighted by atomic mass is 19.1. The molecule has 1 N–H and O–H groups in total. The molecule has 2 aromatic heterocycles. The number of nitrogens with zero attached hydrogens (tertiary/aromatic N) is 6. The van der Waals surface area contributed by atoms with Crippen molar-refractivity contribution < 1.29 is 14.0 Å². The SMILES string of the molecule is Cc1cc2n(n1)CC[C@H](NC(=O)c1nc3n(n1)[C@H](c1ccccc1)C[C@@H]3F)C(=O)N2C. The number of carbonyl (C=O) groups excluding carboxylic acids is 2. The van der Waals surface area contributed by atoms with Gasteiger partial charge in [-0.05, 0) is 18.9 Å². The summed E-state index contributed by atoms with van der Waals surface area (Å²) in [6, 6.07) is 10.2. The minimum absolute atomic E-state index is 0.133. The van der Waals surface area contributed by atoms with E-state index in [1.807, 2.05) is 43.3 Å². The van der Waals surface area contributed by atoms with E-state index in [0.29, 0.717) is 18.8 Å². The van der Waals surface area contributed by atoms with Crippen molar-refractivity contribution >= 4 is 17.6 Å². The zero-order valence-electron chi connectivity index (χ0n) is 17.2. The molecule has 1 aromatic carbocycles. The quantitative estimate of drug-likeness (QED) is 0.694. The molecule has 0 unspecified atom stereocenters. The van der Waals surface area contributed by atoms with Gasteiger partial charge < -0.3 is 5.32 Å². The van der Waals surface area contributed by atoms with Crippen LogP contribution in [0, 0.1) is 6.92 Å². The van der Waals surface area contributed by atoms with Crippen LogP contribution in [0.15, 0.2) is 36.4 Å². The highest BCUT2D eigenvalue weighted by Crippen LogP contribution is 2.39. The van der Waals surface area contributed by atoms with Crippen LogP contribution in [0.4, 0.5) is 10.2 Å². The van der Waals surface area contributed by atoms with E-state index in [1.54, 1.807) is 11.7 Å². The van der Waals surface area contributed by atoms with Crippen LogP contribution in [-0.2, 0) is 11.3 Å². The summed E-state index contributed by atoms with van der Waals surface area (Å²) in [5, 5.41) is 11.4. The van der Waals surface area contributed by atoms with Crippen LogP contribution in [0.5, 0.6) is 0 Å². The number of rotatable bonds is 3. The Morgan fingerprint density at radius 2 is 2.00 bits per heavy atom. The first-order valence-electron chi connectivity index (χ1n) is 10.2. The number of fused-ring (bicyclic) bond motifs is 2. The molecule has 0 bridgehead atoms. The first kappa shape index (κ1) is 19.4. The first-order valence-corrected chi connectivity index (χ1v) is 10.2. The van der Waals surface area contributed by atoms with E-state index in [2.05, 4.69) is 20.5 Å². The molecular weight excluding hydrogens is 401 g/mol. The van der Waals surface area contributed by atoms with Crippen LogP contribution in [0.3, 0.4) is 0 Å². The average Bonchev–Trinajstić information content (AvgIpc) is 3.43. The minimum atomic E-state index is -1.30. The number of carbonyl (C=O) groups is 2. The Hall–Kier alpha value is -3.56. The van der Waals surface area contributed by atoms with Crippen molar-refractivity contribution in [2.75, 3.05) is 11.9 Å². The molecule has 0 saturated carbocycles. The number of anilines is 1. The molecule has 0 aliphatic carbocycles. The lowest BCUT2D eigenvalue weighted by Crippen LogP contribution is -2.47. The molecule has 0 radical (unpaired) electrons. The van der Waals surface area contributed by atoms with Gasteiger partial charge in [0.1, 0.15) is 11.9 Å². The van der Waals surface area contributed by atoms with Crippen molar-refractivity contribution in [1.82, 2.24) is 29.9 Å². The number of aromatic nitrogens is 5. The third kappa shape index (κ3) is 3.28. The highest BCUT2D eigenvalue weighted by molar-refractivity contribution is 6.00. The maximum atomic E-state index is 14.6. The Balaban J connectivity index is 1.36. The second-order valence-corrected chi connectivity index (χ2v) is 7.95. The number of likely N-dealkylation sites (N-methyl/N-ethyl adjacent to an activating group) is 1. The maximum Gasteiger partial charge on any atom is 0.291 e. The molecule has 4 heterocycles. The molecular formula is C21H22FN7O2. The zero-order valence-corrected chi connectivity index (χ0v) is 17.2. The van der Waals surface area contributed by atoms with Crippen LogP contribution in [0.1, 0.15) is 52.8 Å². The Morgan fingerprint density at radius 1 is 1.23 bits per heavy atom. The Morgan fingerprint density at radius 3 is 2.77 bits per heavy atom. The fourth-order valence-electron chi connectivity index (χ4n) is 4.27. The maximum absolute atomic E-state index is 14.6. The van der Waals surface area contributed by atoms with Crippen molar-refractivity contribution in [3.63, 3.8) is 0 Å². The summed E-state index contributed by atoms with van der Waals surface area (Å²) < 4.78 is 17.8. The molecule has 2 amide bonds. The monoisotopic (exact) mass is 423 g/mol. The molecule has 31 heavy (non-hydrogen) atoms. The van der Waals surface area contributed by atoms with Gasteiger partial charge in [0, 0.05) is 26.1 Å². The third-order valence-corrected chi connectivity index (χ3v) is 5.84. The molecule has 160 valence electrons. The summed E-state index contributed by atoms with van der Waals surface area (Å²) in [4.78, 5) is 31.3. The largest absolute Gasteiger partial charge is 0.337 e. The van der Waals surface area contributed by atoms with Crippen LogP contribution in [0.25, 0.3) is 0 Å². The predicted molar refractivity (Wildman–Crippen MR) is 109 cm³/mol. The smallest absolute Gasteiger partial charge is 0.291 e. The van der Waals surface area contributed by atoms with Gasteiger partial charge in [-0.1, -0.05) is 30.3 Å². The number of nitrogens with one attached hydrogen (secondary N) is 1. The van der Waals surface area contributed by atoms with Crippen molar-refractivity contribution in [2.45, 2.75) is 44.6 Å². The van der Waals surface area contributed by atoms with Crippen LogP contribution >= 0.6 is 0 Å². The molecule has 3 aromatic rings. The Labute approximate surface area is 177 Å². The van der Waals surface area contributed by atoms with Gasteiger partial charge >= 0.3 is 0 Å². The fraction of sp³-hybridized carbons (Fsp3) is 0.381. The van der Waals surface area contributed by atoms with Gasteiger partial charge in [0.05, 0.1) is 11.7 Å². The number of benzene rings is 1. The topological polar surface area (TPSA) is 97.9 Å². The summed E-state index contributed by atoms with van der Waals surface area (Å²) in [5.74, 6) is -0.150. The fourth-order valence-corrected chi connectivity index (χ4v) is 4.27. The Bertz CT molecular complexity index is 1160. The number of hydrogen-bond acceptors (Lipinski definition) is 5. The molecule has 10 heteroatoms. The third-order valence-electron chi connectivity index (χ3n) is 5.84. The second kappa shape index (κ2) is 7.29. The average molecular weight is 423 g/mol. The van der Waals surface area contributed by atoms with E-state index < -0.39 is 18.1 Å². The van der Waals surface area contributed by atoms with Gasteiger partial charge in [0.25, 0.3) is 11.8 Å². The molecule has 9 nitrogen and oxygen atoms in total. The van der Waals surface area contributed by atoms with Crippen molar-refractivity contribution in [2.24, 2.45) is 0 Å². The van der Waals surface area contributed by atoms with E-state index in [0.717, 1.165) is 11.3 Å². The van der Waals surface area contributed by atoms with Gasteiger partial charge in [0.2, 0.25) is 5.82 Å². The van der Waals surface area contributed by atoms with E-state index in [-0.39, 0.29) is 30.0 Å². The molecule has 2 aliphatic rings. The lowest BCUT2D eigenvalue weighted by molar-refractivity contribution is -0.120. The molecule has 0 fully saturated rings. The molecule has 3 atom stereocenters. The van der Waals surface area contributed by atoms with Crippen molar-refractivity contribution in [3.05, 3.63) is 59.3 Å². The molecule has 5 rings (SSSR count). The van der Waals surface area contributed by atoms with Crippen molar-refractivity contribution in [1.29, 1.82) is 0 Å². The summed E-state index contributed by atoms with van der Waals surface area (Å²) >= 11 is 0. The lowest BCUT2D eigenvalue weighted by Gasteiger charge is -2.20. The number of amides is 2. The predicted octanol–water partition coefficient (Wildman–Crippen LogP) is 1.95. The summed E-state index contributed by atoms with van der Waals surface area (Å²) in [5.41, 5.74) is 1.73. The van der Waals surface area contributed by atoms with Gasteiger partial charge in [-0.3, -0.25) is 14.5 Å². The zero-order chi connectivity index (χ0) is 21.7. The molecule has 0 saturated heterocycles. The van der Waals surface area contributed by atoms with E-state index in [4.69, 9.17) is 0 Å². The molecule has 0 spiro atoms. The summed E-state index contributed by atoms with van der Waals surface area (Å²) in [6.45, 7) is 2.35. The van der Waals surface area contributed by atoms with Crippen LogP contribution < -0.4 is 10.2 Å². The second-order valence-electron chi connectivity index (χ2n) is 7.95. The van der Waals surface area contributed by atoms with E-state index >= 15 is 0 Å². The van der Waals surface area contributed by atoms with Gasteiger partial charge in [-0.15, -0.1) is 5.10 Å². The van der Waals surface area contributed by atoms with Crippen LogP contribution in [0.2, 0.25) is 0 Å². The van der Waals surface area contributed by atoms with E-state index in [1.165, 1.54) is 9.58 Å². The Kier molecular flexibility index (Phi) is 4.57. The van der Waals surface area contributed by atoms with Crippen molar-refractivity contribution in [3.8, 4) is 0 Å². The number of hydrogen-bond donors (Lipinski definition) is 1. The van der Waals surface area contributed by atoms with E-state index in [9.17, 15) is 14.0 Å². The van der Waals surface area contributed by atoms with Gasteiger partial charge in [-0.25, -0.2) is 18.7 Å². The minimum Gasteiger partial charge on any atom is -0.337 e. The van der Waals surface area contributed by atoms with Crippen LogP contribution in [-0.4, -0.2) is 49.4 Å². The summed E-state index contributed by atoms with van der Waals surface area (Å²) in [7, 11) is 1.65. The lowest BCUT2D eigenvalue weighted by atomic mass is 10.0. The molecule has 2 aliphatic heterocycles. The highest BCUT2D eigenvalue weighted by Gasteiger charge is 2.37. The standard InChI is InChI=1S/C21H22FN7O2/c1-12-10-17-27(2)21(31)15(8-9-28(17)25-12)23-20(30)18-24-19-14(22)11-16(29(19)26-18)13-6-4-3-5-7-13/h3-7,10,14-16H,8-9,11H2,1-2H3,(H,23,30)/t14-,15-,16-/m0/s1.